The number of halogens is 1. The van der Waals surface area contributed by atoms with Crippen molar-refractivity contribution in [3.05, 3.63) is 71.2 Å². The number of nitrogens with one attached hydrogen (secondary N) is 1. The highest BCUT2D eigenvalue weighted by Gasteiger charge is 2.27. The molecule has 1 aliphatic rings. The third kappa shape index (κ3) is 5.43. The summed E-state index contributed by atoms with van der Waals surface area (Å²) in [5.74, 6) is -0.211. The topological polar surface area (TPSA) is 99.2 Å². The number of carbonyl (C=O) groups excluding carboxylic acids is 1. The number of rotatable bonds is 6. The summed E-state index contributed by atoms with van der Waals surface area (Å²) >= 11 is 6.10. The normalized spacial score (nSPS) is 15.1. The van der Waals surface area contributed by atoms with Gasteiger partial charge in [0, 0.05) is 31.9 Å². The number of hydrogen-bond donors (Lipinski definition) is 2. The zero-order valence-corrected chi connectivity index (χ0v) is 20.9. The van der Waals surface area contributed by atoms with Crippen LogP contribution in [0.25, 0.3) is 11.1 Å². The van der Waals surface area contributed by atoms with Crippen LogP contribution in [0.1, 0.15) is 10.4 Å². The van der Waals surface area contributed by atoms with Crippen LogP contribution in [-0.2, 0) is 10.0 Å². The Morgan fingerprint density at radius 2 is 1.63 bits per heavy atom. The number of nitrogens with zero attached hydrogens (tertiary/aromatic N) is 2. The summed E-state index contributed by atoms with van der Waals surface area (Å²) in [7, 11) is -0.0917. The van der Waals surface area contributed by atoms with Crippen LogP contribution in [0.4, 0.5) is 5.69 Å². The summed E-state index contributed by atoms with van der Waals surface area (Å²) in [5.41, 5.74) is 1.91. The molecule has 0 bridgehead atoms. The molecule has 1 amide bonds. The standard InChI is InChI=1S/C25H26ClN3O5S/c1-28-11-13-29(14-12-28)35(32,33)20-7-3-17(4-8-20)18-5-9-21(23(30)15-18)25(31)27-19-6-10-24(34-2)22(26)16-19/h3-10,15-16,30H,11-14H2,1-2H3,(H,27,31). The molecule has 1 saturated heterocycles. The molecular weight excluding hydrogens is 490 g/mol. The Bertz CT molecular complexity index is 1340. The van der Waals surface area contributed by atoms with Gasteiger partial charge in [0.15, 0.2) is 0 Å². The van der Waals surface area contributed by atoms with Gasteiger partial charge in [-0.3, -0.25) is 4.79 Å². The number of aromatic hydroxyl groups is 1. The van der Waals surface area contributed by atoms with Crippen LogP contribution in [0.5, 0.6) is 11.5 Å². The first-order valence-electron chi connectivity index (χ1n) is 11.0. The first-order chi connectivity index (χ1) is 16.7. The van der Waals surface area contributed by atoms with E-state index in [0.717, 1.165) is 0 Å². The van der Waals surface area contributed by atoms with Crippen LogP contribution < -0.4 is 10.1 Å². The predicted octanol–water partition coefficient (Wildman–Crippen LogP) is 3.91. The first kappa shape index (κ1) is 25.0. The lowest BCUT2D eigenvalue weighted by atomic mass is 10.0. The van der Waals surface area contributed by atoms with Crippen molar-refractivity contribution in [2.24, 2.45) is 0 Å². The molecule has 0 unspecified atom stereocenters. The van der Waals surface area contributed by atoms with Crippen molar-refractivity contribution < 1.29 is 23.1 Å². The van der Waals surface area contributed by atoms with Gasteiger partial charge in [0.2, 0.25) is 10.0 Å². The largest absolute Gasteiger partial charge is 0.507 e. The van der Waals surface area contributed by atoms with Crippen LogP contribution >= 0.6 is 11.6 Å². The first-order valence-corrected chi connectivity index (χ1v) is 12.8. The summed E-state index contributed by atoms with van der Waals surface area (Å²) in [6, 6.07) is 16.0. The van der Waals surface area contributed by atoms with Crippen LogP contribution in [-0.4, -0.2) is 69.0 Å². The van der Waals surface area contributed by atoms with Crippen molar-refractivity contribution in [3.63, 3.8) is 0 Å². The highest BCUT2D eigenvalue weighted by atomic mass is 35.5. The number of methoxy groups -OCH3 is 1. The van der Waals surface area contributed by atoms with E-state index in [0.29, 0.717) is 53.8 Å². The molecule has 1 aliphatic heterocycles. The van der Waals surface area contributed by atoms with Crippen LogP contribution in [0.3, 0.4) is 0 Å². The number of phenolic OH excluding ortho intramolecular Hbond substituents is 1. The summed E-state index contributed by atoms with van der Waals surface area (Å²) in [6.45, 7) is 2.31. The highest BCUT2D eigenvalue weighted by Crippen LogP contribution is 2.30. The summed E-state index contributed by atoms with van der Waals surface area (Å²) in [6.07, 6.45) is 0. The number of phenols is 1. The number of piperazine rings is 1. The fourth-order valence-corrected chi connectivity index (χ4v) is 5.52. The second-order valence-electron chi connectivity index (χ2n) is 8.27. The van der Waals surface area contributed by atoms with Gasteiger partial charge in [0.25, 0.3) is 5.91 Å². The minimum Gasteiger partial charge on any atom is -0.507 e. The Kier molecular flexibility index (Phi) is 7.32. The molecule has 0 saturated carbocycles. The van der Waals surface area contributed by atoms with E-state index in [4.69, 9.17) is 16.3 Å². The summed E-state index contributed by atoms with van der Waals surface area (Å²) in [5, 5.41) is 13.5. The minimum absolute atomic E-state index is 0.0926. The quantitative estimate of drug-likeness (QED) is 0.516. The third-order valence-electron chi connectivity index (χ3n) is 5.94. The minimum atomic E-state index is -3.56. The Morgan fingerprint density at radius 3 is 2.23 bits per heavy atom. The molecule has 184 valence electrons. The molecule has 0 atom stereocenters. The van der Waals surface area contributed by atoms with Crippen molar-refractivity contribution >= 4 is 33.2 Å². The van der Waals surface area contributed by atoms with Gasteiger partial charge in [-0.05, 0) is 60.6 Å². The fraction of sp³-hybridized carbons (Fsp3) is 0.240. The number of hydrogen-bond acceptors (Lipinski definition) is 6. The van der Waals surface area contributed by atoms with Crippen molar-refractivity contribution in [1.82, 2.24) is 9.21 Å². The Labute approximate surface area is 209 Å². The predicted molar refractivity (Wildman–Crippen MR) is 136 cm³/mol. The maximum absolute atomic E-state index is 12.9. The van der Waals surface area contributed by atoms with Gasteiger partial charge in [-0.1, -0.05) is 29.8 Å². The zero-order chi connectivity index (χ0) is 25.2. The number of amides is 1. The molecular formula is C25H26ClN3O5S. The lowest BCUT2D eigenvalue weighted by molar-refractivity contribution is 0.102. The maximum atomic E-state index is 12.9. The Hall–Kier alpha value is -3.11. The van der Waals surface area contributed by atoms with E-state index in [9.17, 15) is 18.3 Å². The van der Waals surface area contributed by atoms with Gasteiger partial charge >= 0.3 is 0 Å². The fourth-order valence-electron chi connectivity index (χ4n) is 3.84. The SMILES string of the molecule is COc1ccc(NC(=O)c2ccc(-c3ccc(S(=O)(=O)N4CCN(C)CC4)cc3)cc2O)cc1Cl. The molecule has 2 N–H and O–H groups in total. The molecule has 3 aromatic rings. The number of anilines is 1. The van der Waals surface area contributed by atoms with E-state index in [2.05, 4.69) is 10.2 Å². The lowest BCUT2D eigenvalue weighted by Crippen LogP contribution is -2.46. The van der Waals surface area contributed by atoms with Gasteiger partial charge in [-0.25, -0.2) is 8.42 Å². The number of sulfonamides is 1. The van der Waals surface area contributed by atoms with E-state index in [1.54, 1.807) is 48.5 Å². The second-order valence-corrected chi connectivity index (χ2v) is 10.6. The van der Waals surface area contributed by atoms with Gasteiger partial charge in [0.05, 0.1) is 22.6 Å². The maximum Gasteiger partial charge on any atom is 0.259 e. The molecule has 3 aromatic carbocycles. The summed E-state index contributed by atoms with van der Waals surface area (Å²) in [4.78, 5) is 15.0. The van der Waals surface area contributed by atoms with Crippen molar-refractivity contribution in [3.8, 4) is 22.6 Å². The molecule has 10 heteroatoms. The monoisotopic (exact) mass is 515 g/mol. The smallest absolute Gasteiger partial charge is 0.259 e. The van der Waals surface area contributed by atoms with Crippen molar-refractivity contribution in [2.75, 3.05) is 45.7 Å². The average molecular weight is 516 g/mol. The molecule has 0 radical (unpaired) electrons. The number of likely N-dealkylation sites (N-methyl/N-ethyl adjacent to an activating group) is 1. The second kappa shape index (κ2) is 10.2. The van der Waals surface area contributed by atoms with E-state index in [1.165, 1.54) is 23.5 Å². The van der Waals surface area contributed by atoms with Gasteiger partial charge in [0.1, 0.15) is 11.5 Å². The van der Waals surface area contributed by atoms with Crippen LogP contribution in [0.15, 0.2) is 65.6 Å². The summed E-state index contributed by atoms with van der Waals surface area (Å²) < 4.78 is 32.5. The van der Waals surface area contributed by atoms with Crippen molar-refractivity contribution in [1.29, 1.82) is 0 Å². The van der Waals surface area contributed by atoms with Crippen LogP contribution in [0, 0.1) is 0 Å². The Balaban J connectivity index is 1.49. The zero-order valence-electron chi connectivity index (χ0n) is 19.4. The average Bonchev–Trinajstić information content (AvgIpc) is 2.84. The van der Waals surface area contributed by atoms with Gasteiger partial charge < -0.3 is 20.1 Å². The molecule has 0 aliphatic carbocycles. The molecule has 0 aromatic heterocycles. The van der Waals surface area contributed by atoms with Crippen LogP contribution in [0.2, 0.25) is 5.02 Å². The lowest BCUT2D eigenvalue weighted by Gasteiger charge is -2.31. The van der Waals surface area contributed by atoms with E-state index in [1.807, 2.05) is 7.05 Å². The van der Waals surface area contributed by atoms with Gasteiger partial charge in [-0.15, -0.1) is 0 Å². The van der Waals surface area contributed by atoms with E-state index >= 15 is 0 Å². The molecule has 8 nitrogen and oxygen atoms in total. The molecule has 4 rings (SSSR count). The third-order valence-corrected chi connectivity index (χ3v) is 8.15. The number of ether oxygens (including phenoxy) is 1. The van der Waals surface area contributed by atoms with Crippen molar-refractivity contribution in [2.45, 2.75) is 4.90 Å². The molecule has 0 spiro atoms. The number of carbonyl (C=O) groups is 1. The van der Waals surface area contributed by atoms with E-state index in [-0.39, 0.29) is 16.2 Å². The number of benzene rings is 3. The molecule has 35 heavy (non-hydrogen) atoms. The Morgan fingerprint density at radius 1 is 0.971 bits per heavy atom. The van der Waals surface area contributed by atoms with Gasteiger partial charge in [-0.2, -0.15) is 4.31 Å². The highest BCUT2D eigenvalue weighted by molar-refractivity contribution is 7.89. The van der Waals surface area contributed by atoms with E-state index < -0.39 is 15.9 Å². The molecule has 1 heterocycles. The molecule has 1 fully saturated rings.